The van der Waals surface area contributed by atoms with Crippen molar-refractivity contribution in [3.63, 3.8) is 0 Å². The Morgan fingerprint density at radius 1 is 1.40 bits per heavy atom. The summed E-state index contributed by atoms with van der Waals surface area (Å²) in [7, 11) is 0. The zero-order chi connectivity index (χ0) is 11.0. The predicted octanol–water partition coefficient (Wildman–Crippen LogP) is 3.78. The molecule has 0 saturated heterocycles. The lowest BCUT2D eigenvalue weighted by Crippen LogP contribution is -1.94. The molecule has 0 aliphatic heterocycles. The molecule has 76 valence electrons. The van der Waals surface area contributed by atoms with Gasteiger partial charge >= 0.3 is 0 Å². The molecule has 0 spiro atoms. The van der Waals surface area contributed by atoms with Gasteiger partial charge < -0.3 is 4.57 Å². The highest BCUT2D eigenvalue weighted by atomic mass is 35.5. The van der Waals surface area contributed by atoms with Crippen LogP contribution in [-0.2, 0) is 6.54 Å². The van der Waals surface area contributed by atoms with Crippen LogP contribution in [0.4, 0.5) is 0 Å². The Hall–Kier alpha value is -1.17. The largest absolute Gasteiger partial charge is 0.317 e. The number of rotatable bonds is 1. The van der Waals surface area contributed by atoms with Crippen LogP contribution < -0.4 is 0 Å². The van der Waals surface area contributed by atoms with Crippen LogP contribution >= 0.6 is 23.2 Å². The van der Waals surface area contributed by atoms with E-state index in [1.165, 1.54) is 0 Å². The minimum atomic E-state index is 0.255. The van der Waals surface area contributed by atoms with Crippen LogP contribution in [0, 0.1) is 18.3 Å². The molecule has 2 nitrogen and oxygen atoms in total. The van der Waals surface area contributed by atoms with Crippen molar-refractivity contribution in [2.24, 2.45) is 0 Å². The molecule has 1 aromatic carbocycles. The predicted molar refractivity (Wildman–Crippen MR) is 62.3 cm³/mol. The Balaban J connectivity index is 2.82. The van der Waals surface area contributed by atoms with Gasteiger partial charge in [-0.2, -0.15) is 5.26 Å². The molecule has 0 amide bonds. The summed E-state index contributed by atoms with van der Waals surface area (Å²) in [6, 6.07) is 7.64. The number of nitrogens with zero attached hydrogens (tertiary/aromatic N) is 2. The molecule has 1 heterocycles. The fourth-order valence-electron chi connectivity index (χ4n) is 1.69. The summed E-state index contributed by atoms with van der Waals surface area (Å²) in [5, 5.41) is 11.0. The smallest absolute Gasteiger partial charge is 0.113 e. The zero-order valence-electron chi connectivity index (χ0n) is 8.09. The number of hydrogen-bond acceptors (Lipinski definition) is 1. The van der Waals surface area contributed by atoms with E-state index in [1.54, 1.807) is 10.6 Å². The first-order chi connectivity index (χ1) is 7.15. The van der Waals surface area contributed by atoms with E-state index >= 15 is 0 Å². The maximum absolute atomic E-state index is 8.71. The van der Waals surface area contributed by atoms with Gasteiger partial charge in [0.15, 0.2) is 0 Å². The van der Waals surface area contributed by atoms with Crippen LogP contribution in [0.5, 0.6) is 0 Å². The molecule has 0 saturated carbocycles. The van der Waals surface area contributed by atoms with Gasteiger partial charge in [-0.1, -0.05) is 23.2 Å². The topological polar surface area (TPSA) is 28.7 Å². The first kappa shape index (κ1) is 10.4. The van der Waals surface area contributed by atoms with Crippen molar-refractivity contribution in [1.82, 2.24) is 4.57 Å². The standard InChI is InChI=1S/C11H8Cl2N2/c1-7-9-6-8(12)2-3-10(9)15(5-4-14)11(7)13/h2-3,6H,5H2,1H3. The maximum Gasteiger partial charge on any atom is 0.113 e. The van der Waals surface area contributed by atoms with Gasteiger partial charge in [0.05, 0.1) is 11.6 Å². The van der Waals surface area contributed by atoms with Crippen LogP contribution in [0.2, 0.25) is 10.2 Å². The van der Waals surface area contributed by atoms with Gasteiger partial charge in [0.25, 0.3) is 0 Å². The van der Waals surface area contributed by atoms with Crippen LogP contribution in [0.1, 0.15) is 5.56 Å². The lowest BCUT2D eigenvalue weighted by molar-refractivity contribution is 0.872. The zero-order valence-corrected chi connectivity index (χ0v) is 9.60. The molecule has 1 aromatic heterocycles. The summed E-state index contributed by atoms with van der Waals surface area (Å²) >= 11 is 12.0. The highest BCUT2D eigenvalue weighted by molar-refractivity contribution is 6.33. The molecule has 0 aliphatic rings. The Morgan fingerprint density at radius 2 is 2.13 bits per heavy atom. The highest BCUT2D eigenvalue weighted by Gasteiger charge is 2.11. The third kappa shape index (κ3) is 1.58. The Morgan fingerprint density at radius 3 is 2.80 bits per heavy atom. The van der Waals surface area contributed by atoms with Crippen molar-refractivity contribution >= 4 is 34.1 Å². The number of halogens is 2. The second-order valence-electron chi connectivity index (χ2n) is 3.32. The second kappa shape index (κ2) is 3.77. The summed E-state index contributed by atoms with van der Waals surface area (Å²) in [4.78, 5) is 0. The summed E-state index contributed by atoms with van der Waals surface area (Å²) in [5.41, 5.74) is 1.91. The van der Waals surface area contributed by atoms with Crippen LogP contribution in [-0.4, -0.2) is 4.57 Å². The molecule has 2 rings (SSSR count). The van der Waals surface area contributed by atoms with E-state index in [9.17, 15) is 0 Å². The molecule has 0 atom stereocenters. The van der Waals surface area contributed by atoms with Gasteiger partial charge in [0.1, 0.15) is 11.7 Å². The van der Waals surface area contributed by atoms with Crippen molar-refractivity contribution in [1.29, 1.82) is 5.26 Å². The number of benzene rings is 1. The van der Waals surface area contributed by atoms with Crippen LogP contribution in [0.25, 0.3) is 10.9 Å². The molecule has 0 unspecified atom stereocenters. The molecular formula is C11H8Cl2N2. The first-order valence-electron chi connectivity index (χ1n) is 4.46. The highest BCUT2D eigenvalue weighted by Crippen LogP contribution is 2.30. The quantitative estimate of drug-likeness (QED) is 0.744. The summed E-state index contributed by atoms with van der Waals surface area (Å²) in [6.45, 7) is 2.18. The number of aromatic nitrogens is 1. The van der Waals surface area contributed by atoms with Crippen molar-refractivity contribution in [2.75, 3.05) is 0 Å². The Labute approximate surface area is 97.6 Å². The van der Waals surface area contributed by atoms with Crippen LogP contribution in [0.3, 0.4) is 0 Å². The third-order valence-corrected chi connectivity index (χ3v) is 3.15. The van der Waals surface area contributed by atoms with E-state index in [1.807, 2.05) is 19.1 Å². The SMILES string of the molecule is Cc1c(Cl)n(CC#N)c2ccc(Cl)cc12. The molecule has 15 heavy (non-hydrogen) atoms. The van der Waals surface area contributed by atoms with Crippen molar-refractivity contribution in [3.8, 4) is 6.07 Å². The van der Waals surface area contributed by atoms with Gasteiger partial charge in [-0.15, -0.1) is 0 Å². The van der Waals surface area contributed by atoms with Gasteiger partial charge in [0.2, 0.25) is 0 Å². The van der Waals surface area contributed by atoms with Crippen molar-refractivity contribution in [3.05, 3.63) is 33.9 Å². The van der Waals surface area contributed by atoms with Crippen molar-refractivity contribution < 1.29 is 0 Å². The van der Waals surface area contributed by atoms with E-state index < -0.39 is 0 Å². The fraction of sp³-hybridized carbons (Fsp3) is 0.182. The van der Waals surface area contributed by atoms with Crippen LogP contribution in [0.15, 0.2) is 18.2 Å². The average Bonchev–Trinajstić information content (AvgIpc) is 2.44. The molecule has 4 heteroatoms. The molecule has 0 radical (unpaired) electrons. The summed E-state index contributed by atoms with van der Waals surface area (Å²) in [6.07, 6.45) is 0. The van der Waals surface area contributed by atoms with E-state index in [-0.39, 0.29) is 6.54 Å². The Kier molecular flexibility index (Phi) is 2.60. The lowest BCUT2D eigenvalue weighted by atomic mass is 10.2. The monoisotopic (exact) mass is 238 g/mol. The van der Waals surface area contributed by atoms with E-state index in [2.05, 4.69) is 6.07 Å². The lowest BCUT2D eigenvalue weighted by Gasteiger charge is -2.00. The molecular weight excluding hydrogens is 231 g/mol. The van der Waals surface area contributed by atoms with E-state index in [0.29, 0.717) is 10.2 Å². The van der Waals surface area contributed by atoms with Gasteiger partial charge in [-0.05, 0) is 30.7 Å². The van der Waals surface area contributed by atoms with E-state index in [4.69, 9.17) is 28.5 Å². The molecule has 0 N–H and O–H groups in total. The maximum atomic E-state index is 8.71. The second-order valence-corrected chi connectivity index (χ2v) is 4.12. The minimum Gasteiger partial charge on any atom is -0.317 e. The number of nitriles is 1. The molecule has 0 fully saturated rings. The normalized spacial score (nSPS) is 10.5. The van der Waals surface area contributed by atoms with Gasteiger partial charge in [-0.25, -0.2) is 0 Å². The Bertz CT molecular complexity index is 564. The summed E-state index contributed by atoms with van der Waals surface area (Å²) < 4.78 is 1.78. The number of fused-ring (bicyclic) bond motifs is 1. The van der Waals surface area contributed by atoms with Gasteiger partial charge in [0, 0.05) is 10.4 Å². The summed E-state index contributed by atoms with van der Waals surface area (Å²) in [5.74, 6) is 0. The number of hydrogen-bond donors (Lipinski definition) is 0. The van der Waals surface area contributed by atoms with Gasteiger partial charge in [-0.3, -0.25) is 0 Å². The van der Waals surface area contributed by atoms with E-state index in [0.717, 1.165) is 16.5 Å². The third-order valence-electron chi connectivity index (χ3n) is 2.43. The molecule has 0 aliphatic carbocycles. The average molecular weight is 239 g/mol. The first-order valence-corrected chi connectivity index (χ1v) is 5.21. The molecule has 0 bridgehead atoms. The fourth-order valence-corrected chi connectivity index (χ4v) is 2.11. The number of aryl methyl sites for hydroxylation is 1. The van der Waals surface area contributed by atoms with Crippen molar-refractivity contribution in [2.45, 2.75) is 13.5 Å². The minimum absolute atomic E-state index is 0.255. The molecule has 2 aromatic rings.